The first-order valence-electron chi connectivity index (χ1n) is 6.70. The molecule has 0 radical (unpaired) electrons. The molecular formula is C15H8BrClN4O2. The normalized spacial score (nSPS) is 13.9. The summed E-state index contributed by atoms with van der Waals surface area (Å²) in [7, 11) is 0. The number of imidazole rings is 1. The summed E-state index contributed by atoms with van der Waals surface area (Å²) in [6, 6.07) is 8.41. The van der Waals surface area contributed by atoms with Crippen LogP contribution in [0.1, 0.15) is 26.4 Å². The molecule has 0 N–H and O–H groups in total. The monoisotopic (exact) mass is 390 g/mol. The molecule has 0 atom stereocenters. The summed E-state index contributed by atoms with van der Waals surface area (Å²) < 4.78 is 2.20. The Morgan fingerprint density at radius 1 is 1.13 bits per heavy atom. The Balaban J connectivity index is 1.71. The summed E-state index contributed by atoms with van der Waals surface area (Å²) in [5, 5.41) is 4.42. The van der Waals surface area contributed by atoms with Gasteiger partial charge in [0.15, 0.2) is 10.8 Å². The zero-order chi connectivity index (χ0) is 16.1. The highest BCUT2D eigenvalue weighted by Crippen LogP contribution is 2.25. The van der Waals surface area contributed by atoms with Crippen molar-refractivity contribution in [2.24, 2.45) is 0 Å². The highest BCUT2D eigenvalue weighted by molar-refractivity contribution is 9.10. The van der Waals surface area contributed by atoms with Crippen LogP contribution in [0.25, 0.3) is 5.65 Å². The maximum atomic E-state index is 12.4. The van der Waals surface area contributed by atoms with Gasteiger partial charge in [0, 0.05) is 0 Å². The number of carbonyl (C=O) groups excluding carboxylic acids is 2. The topological polar surface area (TPSA) is 67.6 Å². The molecule has 0 unspecified atom stereocenters. The van der Waals surface area contributed by atoms with Crippen molar-refractivity contribution in [1.82, 2.24) is 19.5 Å². The zero-order valence-electron chi connectivity index (χ0n) is 11.5. The van der Waals surface area contributed by atoms with Crippen molar-refractivity contribution < 1.29 is 9.59 Å². The smallest absolute Gasteiger partial charge is 0.261 e. The number of hydrogen-bond acceptors (Lipinski definition) is 4. The van der Waals surface area contributed by atoms with Gasteiger partial charge in [0.2, 0.25) is 0 Å². The van der Waals surface area contributed by atoms with Crippen LogP contribution in [0.15, 0.2) is 41.0 Å². The van der Waals surface area contributed by atoms with Gasteiger partial charge in [0.05, 0.1) is 34.0 Å². The second-order valence-electron chi connectivity index (χ2n) is 5.06. The van der Waals surface area contributed by atoms with E-state index < -0.39 is 0 Å². The lowest BCUT2D eigenvalue weighted by atomic mass is 10.1. The number of benzene rings is 1. The van der Waals surface area contributed by atoms with E-state index in [1.807, 2.05) is 0 Å². The molecule has 0 saturated heterocycles. The number of rotatable bonds is 2. The van der Waals surface area contributed by atoms with Crippen LogP contribution in [0.3, 0.4) is 0 Å². The number of amides is 2. The van der Waals surface area contributed by atoms with Crippen LogP contribution >= 0.6 is 27.5 Å². The fourth-order valence-electron chi connectivity index (χ4n) is 2.58. The first-order valence-corrected chi connectivity index (χ1v) is 7.87. The minimum absolute atomic E-state index is 0.0831. The van der Waals surface area contributed by atoms with E-state index >= 15 is 0 Å². The van der Waals surface area contributed by atoms with Gasteiger partial charge < -0.3 is 0 Å². The van der Waals surface area contributed by atoms with Crippen LogP contribution in [0.5, 0.6) is 0 Å². The molecular weight excluding hydrogens is 384 g/mol. The molecule has 0 aliphatic carbocycles. The summed E-state index contributed by atoms with van der Waals surface area (Å²) in [6.45, 7) is 0.0831. The fraction of sp³-hybridized carbons (Fsp3) is 0.0667. The van der Waals surface area contributed by atoms with Crippen molar-refractivity contribution >= 4 is 45.0 Å². The first-order chi connectivity index (χ1) is 11.0. The summed E-state index contributed by atoms with van der Waals surface area (Å²) in [5.41, 5.74) is 1.96. The quantitative estimate of drug-likeness (QED) is 0.630. The van der Waals surface area contributed by atoms with Crippen molar-refractivity contribution in [2.75, 3.05) is 0 Å². The third kappa shape index (κ3) is 2.24. The van der Waals surface area contributed by atoms with E-state index in [-0.39, 0.29) is 18.4 Å². The van der Waals surface area contributed by atoms with Gasteiger partial charge in [-0.25, -0.2) is 9.50 Å². The summed E-state index contributed by atoms with van der Waals surface area (Å²) >= 11 is 9.27. The van der Waals surface area contributed by atoms with Crippen molar-refractivity contribution in [3.8, 4) is 0 Å². The van der Waals surface area contributed by atoms with Crippen LogP contribution in [-0.2, 0) is 6.54 Å². The predicted molar refractivity (Wildman–Crippen MR) is 86.3 cm³/mol. The van der Waals surface area contributed by atoms with E-state index in [9.17, 15) is 9.59 Å². The molecule has 114 valence electrons. The van der Waals surface area contributed by atoms with E-state index in [1.165, 1.54) is 9.42 Å². The Labute approximate surface area is 143 Å². The largest absolute Gasteiger partial charge is 0.269 e. The molecule has 1 aliphatic heterocycles. The number of nitrogens with zero attached hydrogens (tertiary/aromatic N) is 4. The molecule has 23 heavy (non-hydrogen) atoms. The summed E-state index contributed by atoms with van der Waals surface area (Å²) in [5.74, 6) is -0.625. The SMILES string of the molecule is O=C1c2ccccc2C(=O)N1Cc1cn2nc(Cl)cc(Br)c2n1. The van der Waals surface area contributed by atoms with Crippen molar-refractivity contribution in [3.05, 3.63) is 63.0 Å². The van der Waals surface area contributed by atoms with E-state index in [4.69, 9.17) is 11.6 Å². The molecule has 3 aromatic rings. The highest BCUT2D eigenvalue weighted by Gasteiger charge is 2.35. The molecule has 8 heteroatoms. The first kappa shape index (κ1) is 14.3. The van der Waals surface area contributed by atoms with Crippen LogP contribution in [0, 0.1) is 0 Å². The lowest BCUT2D eigenvalue weighted by molar-refractivity contribution is 0.0640. The van der Waals surface area contributed by atoms with E-state index in [0.717, 1.165) is 0 Å². The molecule has 1 aliphatic rings. The van der Waals surface area contributed by atoms with Gasteiger partial charge in [-0.05, 0) is 34.1 Å². The lowest BCUT2D eigenvalue weighted by Crippen LogP contribution is -2.29. The maximum absolute atomic E-state index is 12.4. The van der Waals surface area contributed by atoms with Crippen molar-refractivity contribution in [2.45, 2.75) is 6.54 Å². The number of halogens is 2. The minimum Gasteiger partial charge on any atom is -0.269 e. The molecule has 2 aromatic heterocycles. The zero-order valence-corrected chi connectivity index (χ0v) is 13.9. The summed E-state index contributed by atoms with van der Waals surface area (Å²) in [4.78, 5) is 30.3. The Morgan fingerprint density at radius 2 is 1.78 bits per heavy atom. The third-order valence-electron chi connectivity index (χ3n) is 3.60. The number of fused-ring (bicyclic) bond motifs is 2. The van der Waals surface area contributed by atoms with Gasteiger partial charge >= 0.3 is 0 Å². The summed E-state index contributed by atoms with van der Waals surface area (Å²) in [6.07, 6.45) is 1.65. The Kier molecular flexibility index (Phi) is 3.21. The second-order valence-corrected chi connectivity index (χ2v) is 6.30. The number of imide groups is 1. The van der Waals surface area contributed by atoms with Crippen molar-refractivity contribution in [1.29, 1.82) is 0 Å². The van der Waals surface area contributed by atoms with Crippen LogP contribution in [0.4, 0.5) is 0 Å². The minimum atomic E-state index is -0.312. The lowest BCUT2D eigenvalue weighted by Gasteiger charge is -2.11. The molecule has 6 nitrogen and oxygen atoms in total. The molecule has 3 heterocycles. The Hall–Kier alpha value is -2.25. The molecule has 1 aromatic carbocycles. The van der Waals surface area contributed by atoms with E-state index in [0.29, 0.717) is 32.1 Å². The number of carbonyl (C=O) groups is 2. The predicted octanol–water partition coefficient (Wildman–Crippen LogP) is 2.94. The van der Waals surface area contributed by atoms with Gasteiger partial charge in [0.25, 0.3) is 11.8 Å². The van der Waals surface area contributed by atoms with Gasteiger partial charge in [-0.15, -0.1) is 0 Å². The number of hydrogen-bond donors (Lipinski definition) is 0. The molecule has 0 saturated carbocycles. The molecule has 0 fully saturated rings. The standard InChI is InChI=1S/C15H8BrClN4O2/c16-11-5-12(17)19-21-7-8(18-13(11)21)6-20-14(22)9-3-1-2-4-10(9)15(20)23/h1-5,7H,6H2. The third-order valence-corrected chi connectivity index (χ3v) is 4.37. The second kappa shape index (κ2) is 5.14. The van der Waals surface area contributed by atoms with Crippen LogP contribution in [0.2, 0.25) is 5.15 Å². The van der Waals surface area contributed by atoms with Gasteiger partial charge in [0.1, 0.15) is 0 Å². The number of aromatic nitrogens is 3. The average Bonchev–Trinajstić information content (AvgIpc) is 3.03. The highest BCUT2D eigenvalue weighted by atomic mass is 79.9. The molecule has 2 amide bonds. The van der Waals surface area contributed by atoms with Crippen LogP contribution in [-0.4, -0.2) is 31.3 Å². The van der Waals surface area contributed by atoms with E-state index in [1.54, 1.807) is 36.5 Å². The fourth-order valence-corrected chi connectivity index (χ4v) is 3.39. The van der Waals surface area contributed by atoms with Crippen LogP contribution < -0.4 is 0 Å². The van der Waals surface area contributed by atoms with Gasteiger partial charge in [-0.2, -0.15) is 5.10 Å². The Bertz CT molecular complexity index is 950. The molecule has 4 rings (SSSR count). The molecule has 0 bridgehead atoms. The van der Waals surface area contributed by atoms with Crippen molar-refractivity contribution in [3.63, 3.8) is 0 Å². The van der Waals surface area contributed by atoms with Gasteiger partial charge in [-0.1, -0.05) is 23.7 Å². The average molecular weight is 392 g/mol. The van der Waals surface area contributed by atoms with Gasteiger partial charge in [-0.3, -0.25) is 14.5 Å². The molecule has 0 spiro atoms. The van der Waals surface area contributed by atoms with E-state index in [2.05, 4.69) is 26.0 Å². The maximum Gasteiger partial charge on any atom is 0.261 e. The Morgan fingerprint density at radius 3 is 2.43 bits per heavy atom.